The van der Waals surface area contributed by atoms with Gasteiger partial charge in [0.25, 0.3) is 0 Å². The minimum absolute atomic E-state index is 0. The first kappa shape index (κ1) is 21.3. The smallest absolute Gasteiger partial charge is 0.220 e. The Labute approximate surface area is 160 Å². The van der Waals surface area contributed by atoms with E-state index in [9.17, 15) is 4.79 Å². The number of amides is 1. The van der Waals surface area contributed by atoms with Crippen molar-refractivity contribution < 1.29 is 9.53 Å². The molecule has 0 radical (unpaired) electrons. The van der Waals surface area contributed by atoms with Crippen LogP contribution >= 0.6 is 24.0 Å². The Morgan fingerprint density at radius 2 is 1.96 bits per heavy atom. The normalized spacial score (nSPS) is 12.6. The number of ether oxygens (including phenoxy) is 1. The van der Waals surface area contributed by atoms with E-state index in [1.807, 2.05) is 55.5 Å². The second-order valence-electron chi connectivity index (χ2n) is 5.81. The largest absolute Gasteiger partial charge is 0.497 e. The Balaban J connectivity index is 0.00000312. The molecule has 0 aliphatic heterocycles. The van der Waals surface area contributed by atoms with Crippen molar-refractivity contribution in [1.29, 1.82) is 0 Å². The lowest BCUT2D eigenvalue weighted by Gasteiger charge is -2.21. The fourth-order valence-electron chi connectivity index (χ4n) is 2.46. The highest BCUT2D eigenvalue weighted by molar-refractivity contribution is 6.31. The second kappa shape index (κ2) is 10.3. The molecule has 2 aromatic carbocycles. The highest BCUT2D eigenvalue weighted by atomic mass is 35.5. The highest BCUT2D eigenvalue weighted by Crippen LogP contribution is 2.30. The number of hydrogen-bond donors (Lipinski definition) is 2. The lowest BCUT2D eigenvalue weighted by molar-refractivity contribution is -0.121. The predicted octanol–water partition coefficient (Wildman–Crippen LogP) is 4.10. The van der Waals surface area contributed by atoms with Crippen molar-refractivity contribution in [2.24, 2.45) is 5.73 Å². The van der Waals surface area contributed by atoms with Crippen LogP contribution in [0.5, 0.6) is 5.75 Å². The van der Waals surface area contributed by atoms with E-state index in [1.54, 1.807) is 7.11 Å². The summed E-state index contributed by atoms with van der Waals surface area (Å²) in [5.74, 6) is 0.675. The molecular formula is C19H24Cl2N2O2. The zero-order valence-electron chi connectivity index (χ0n) is 14.4. The number of hydrogen-bond acceptors (Lipinski definition) is 3. The number of nitrogens with two attached hydrogens (primary N) is 1. The molecule has 0 aromatic heterocycles. The molecule has 0 heterocycles. The predicted molar refractivity (Wildman–Crippen MR) is 105 cm³/mol. The van der Waals surface area contributed by atoms with Crippen molar-refractivity contribution in [1.82, 2.24) is 5.32 Å². The van der Waals surface area contributed by atoms with Crippen LogP contribution in [0.4, 0.5) is 0 Å². The number of carbonyl (C=O) groups excluding carboxylic acids is 1. The van der Waals surface area contributed by atoms with Crippen LogP contribution in [0.3, 0.4) is 0 Å². The summed E-state index contributed by atoms with van der Waals surface area (Å²) < 4.78 is 5.29. The number of carbonyl (C=O) groups is 1. The summed E-state index contributed by atoms with van der Waals surface area (Å²) >= 11 is 6.35. The second-order valence-corrected chi connectivity index (χ2v) is 6.22. The van der Waals surface area contributed by atoms with E-state index in [4.69, 9.17) is 22.1 Å². The molecule has 0 aliphatic rings. The number of halogens is 2. The summed E-state index contributed by atoms with van der Waals surface area (Å²) in [4.78, 5) is 12.3. The molecule has 1 amide bonds. The molecule has 25 heavy (non-hydrogen) atoms. The van der Waals surface area contributed by atoms with Gasteiger partial charge in [0.2, 0.25) is 5.91 Å². The van der Waals surface area contributed by atoms with Gasteiger partial charge in [-0.3, -0.25) is 4.79 Å². The maximum Gasteiger partial charge on any atom is 0.220 e. The maximum absolute atomic E-state index is 12.3. The standard InChI is InChI=1S/C19H23ClN2O2.ClH/c1-13(21)10-11-18(23)22-19(16-8-3-4-9-17(16)20)14-6-5-7-15(12-14)24-2;/h3-9,12-13,19H,10-11,21H2,1-2H3,(H,22,23);1H. The Morgan fingerprint density at radius 3 is 2.60 bits per heavy atom. The number of rotatable bonds is 7. The third-order valence-electron chi connectivity index (χ3n) is 3.78. The van der Waals surface area contributed by atoms with Crippen molar-refractivity contribution in [3.63, 3.8) is 0 Å². The minimum atomic E-state index is -0.339. The van der Waals surface area contributed by atoms with Crippen LogP contribution in [0, 0.1) is 0 Å². The third kappa shape index (κ3) is 6.24. The molecule has 3 N–H and O–H groups in total. The Bertz CT molecular complexity index is 693. The summed E-state index contributed by atoms with van der Waals surface area (Å²) in [5, 5.41) is 3.67. The quantitative estimate of drug-likeness (QED) is 0.757. The first-order valence-electron chi connectivity index (χ1n) is 7.94. The van der Waals surface area contributed by atoms with Crippen molar-refractivity contribution in [3.05, 3.63) is 64.7 Å². The fraction of sp³-hybridized carbons (Fsp3) is 0.316. The molecule has 2 rings (SSSR count). The van der Waals surface area contributed by atoms with Crippen LogP contribution < -0.4 is 15.8 Å². The number of nitrogens with one attached hydrogen (secondary N) is 1. The van der Waals surface area contributed by atoms with E-state index >= 15 is 0 Å². The van der Waals surface area contributed by atoms with Crippen LogP contribution in [0.25, 0.3) is 0 Å². The van der Waals surface area contributed by atoms with Crippen LogP contribution in [0.2, 0.25) is 5.02 Å². The molecule has 4 nitrogen and oxygen atoms in total. The van der Waals surface area contributed by atoms with E-state index in [0.29, 0.717) is 17.9 Å². The average Bonchev–Trinajstić information content (AvgIpc) is 2.58. The lowest BCUT2D eigenvalue weighted by atomic mass is 9.98. The highest BCUT2D eigenvalue weighted by Gasteiger charge is 2.19. The average molecular weight is 383 g/mol. The minimum Gasteiger partial charge on any atom is -0.497 e. The summed E-state index contributed by atoms with van der Waals surface area (Å²) in [6.45, 7) is 1.89. The van der Waals surface area contributed by atoms with Crippen molar-refractivity contribution >= 4 is 29.9 Å². The maximum atomic E-state index is 12.3. The van der Waals surface area contributed by atoms with Gasteiger partial charge in [0.05, 0.1) is 13.2 Å². The topological polar surface area (TPSA) is 64.3 Å². The molecule has 2 atom stereocenters. The van der Waals surface area contributed by atoms with Crippen molar-refractivity contribution in [2.45, 2.75) is 31.8 Å². The molecule has 0 saturated carbocycles. The summed E-state index contributed by atoms with van der Waals surface area (Å²) in [5.41, 5.74) is 7.50. The van der Waals surface area contributed by atoms with Crippen LogP contribution in [-0.4, -0.2) is 19.1 Å². The summed E-state index contributed by atoms with van der Waals surface area (Å²) in [6.07, 6.45) is 1.02. The number of methoxy groups -OCH3 is 1. The van der Waals surface area contributed by atoms with Gasteiger partial charge in [0, 0.05) is 17.5 Å². The van der Waals surface area contributed by atoms with E-state index < -0.39 is 0 Å². The Morgan fingerprint density at radius 1 is 1.24 bits per heavy atom. The Kier molecular flexibility index (Phi) is 8.76. The SMILES string of the molecule is COc1cccc(C(NC(=O)CCC(C)N)c2ccccc2Cl)c1.Cl. The van der Waals surface area contributed by atoms with Gasteiger partial charge in [0.1, 0.15) is 5.75 Å². The van der Waals surface area contributed by atoms with Crippen LogP contribution in [0.15, 0.2) is 48.5 Å². The zero-order chi connectivity index (χ0) is 17.5. The number of benzene rings is 2. The van der Waals surface area contributed by atoms with Crippen molar-refractivity contribution in [2.75, 3.05) is 7.11 Å². The van der Waals surface area contributed by atoms with Gasteiger partial charge in [-0.2, -0.15) is 0 Å². The van der Waals surface area contributed by atoms with E-state index in [-0.39, 0.29) is 30.4 Å². The van der Waals surface area contributed by atoms with Gasteiger partial charge in [0.15, 0.2) is 0 Å². The monoisotopic (exact) mass is 382 g/mol. The van der Waals surface area contributed by atoms with Crippen LogP contribution in [0.1, 0.15) is 36.9 Å². The molecule has 0 spiro atoms. The molecule has 2 unspecified atom stereocenters. The molecule has 0 aliphatic carbocycles. The third-order valence-corrected chi connectivity index (χ3v) is 4.12. The van der Waals surface area contributed by atoms with E-state index in [1.165, 1.54) is 0 Å². The first-order chi connectivity index (χ1) is 11.5. The molecule has 0 bridgehead atoms. The first-order valence-corrected chi connectivity index (χ1v) is 8.32. The van der Waals surface area contributed by atoms with Crippen molar-refractivity contribution in [3.8, 4) is 5.75 Å². The van der Waals surface area contributed by atoms with E-state index in [0.717, 1.165) is 16.9 Å². The molecule has 136 valence electrons. The fourth-order valence-corrected chi connectivity index (χ4v) is 2.71. The zero-order valence-corrected chi connectivity index (χ0v) is 15.9. The molecule has 2 aromatic rings. The van der Waals surface area contributed by atoms with Gasteiger partial charge in [-0.05, 0) is 42.7 Å². The van der Waals surface area contributed by atoms with E-state index in [2.05, 4.69) is 5.32 Å². The van der Waals surface area contributed by atoms with Gasteiger partial charge in [-0.1, -0.05) is 41.9 Å². The molecular weight excluding hydrogens is 359 g/mol. The summed E-state index contributed by atoms with van der Waals surface area (Å²) in [7, 11) is 1.62. The Hall–Kier alpha value is -1.75. The van der Waals surface area contributed by atoms with Crippen LogP contribution in [-0.2, 0) is 4.79 Å². The van der Waals surface area contributed by atoms with Gasteiger partial charge in [-0.25, -0.2) is 0 Å². The van der Waals surface area contributed by atoms with Gasteiger partial charge < -0.3 is 15.8 Å². The molecule has 6 heteroatoms. The van der Waals surface area contributed by atoms with Gasteiger partial charge in [-0.15, -0.1) is 12.4 Å². The molecule has 0 fully saturated rings. The summed E-state index contributed by atoms with van der Waals surface area (Å²) in [6, 6.07) is 14.8. The van der Waals surface area contributed by atoms with Gasteiger partial charge >= 0.3 is 0 Å². The lowest BCUT2D eigenvalue weighted by Crippen LogP contribution is -2.30. The molecule has 0 saturated heterocycles.